The van der Waals surface area contributed by atoms with Crippen LogP contribution >= 0.6 is 0 Å². The van der Waals surface area contributed by atoms with Crippen LogP contribution in [-0.2, 0) is 6.18 Å². The molecule has 10 heteroatoms. The van der Waals surface area contributed by atoms with Crippen LogP contribution in [0.25, 0.3) is 28.1 Å². The van der Waals surface area contributed by atoms with Gasteiger partial charge in [0.1, 0.15) is 5.69 Å². The van der Waals surface area contributed by atoms with Crippen molar-refractivity contribution in [1.82, 2.24) is 20.3 Å². The van der Waals surface area contributed by atoms with Gasteiger partial charge < -0.3 is 15.3 Å². The molecule has 0 radical (unpaired) electrons. The van der Waals surface area contributed by atoms with E-state index in [9.17, 15) is 23.1 Å². The SMILES string of the molecule is O=C(O)c1cc(-c2ccc(N3CCNCC3)cc2)cc(-n2cc(-c3ccc(C(F)(F)F)cc3)nn2)c1. The maximum Gasteiger partial charge on any atom is 0.416 e. The minimum Gasteiger partial charge on any atom is -0.478 e. The van der Waals surface area contributed by atoms with Crippen LogP contribution in [0.15, 0.2) is 72.9 Å². The minimum absolute atomic E-state index is 0.0836. The molecule has 0 atom stereocenters. The molecule has 1 saturated heterocycles. The molecule has 0 bridgehead atoms. The monoisotopic (exact) mass is 493 g/mol. The molecule has 0 unspecified atom stereocenters. The second kappa shape index (κ2) is 9.46. The fraction of sp³-hybridized carbons (Fsp3) is 0.192. The zero-order valence-corrected chi connectivity index (χ0v) is 19.0. The van der Waals surface area contributed by atoms with Gasteiger partial charge >= 0.3 is 12.1 Å². The molecule has 1 fully saturated rings. The van der Waals surface area contributed by atoms with Gasteiger partial charge in [-0.15, -0.1) is 5.10 Å². The fourth-order valence-corrected chi connectivity index (χ4v) is 4.17. The second-order valence-corrected chi connectivity index (χ2v) is 8.48. The Morgan fingerprint density at radius 1 is 0.861 bits per heavy atom. The third kappa shape index (κ3) is 4.94. The number of carbonyl (C=O) groups is 1. The average molecular weight is 493 g/mol. The Balaban J connectivity index is 1.45. The molecule has 2 heterocycles. The zero-order chi connectivity index (χ0) is 25.3. The summed E-state index contributed by atoms with van der Waals surface area (Å²) in [7, 11) is 0. The number of halogens is 3. The van der Waals surface area contributed by atoms with Gasteiger partial charge in [-0.25, -0.2) is 9.48 Å². The Morgan fingerprint density at radius 2 is 1.53 bits per heavy atom. The molecule has 1 aromatic heterocycles. The molecule has 5 rings (SSSR count). The summed E-state index contributed by atoms with van der Waals surface area (Å²) in [6.07, 6.45) is -2.87. The number of aromatic carboxylic acids is 1. The van der Waals surface area contributed by atoms with Crippen LogP contribution in [0.1, 0.15) is 15.9 Å². The Bertz CT molecular complexity index is 1380. The van der Waals surface area contributed by atoms with Gasteiger partial charge in [-0.1, -0.05) is 29.5 Å². The van der Waals surface area contributed by atoms with Gasteiger partial charge in [-0.2, -0.15) is 13.2 Å². The molecule has 0 aliphatic carbocycles. The predicted octanol–water partition coefficient (Wildman–Crippen LogP) is 4.73. The van der Waals surface area contributed by atoms with E-state index in [4.69, 9.17) is 0 Å². The highest BCUT2D eigenvalue weighted by Crippen LogP contribution is 2.31. The first kappa shape index (κ1) is 23.6. The molecule has 3 aromatic carbocycles. The van der Waals surface area contributed by atoms with Crippen molar-refractivity contribution in [1.29, 1.82) is 0 Å². The number of carboxylic acids is 1. The lowest BCUT2D eigenvalue weighted by Crippen LogP contribution is -2.43. The average Bonchev–Trinajstić information content (AvgIpc) is 3.39. The van der Waals surface area contributed by atoms with Crippen LogP contribution in [-0.4, -0.2) is 52.2 Å². The second-order valence-electron chi connectivity index (χ2n) is 8.48. The van der Waals surface area contributed by atoms with E-state index >= 15 is 0 Å². The summed E-state index contributed by atoms with van der Waals surface area (Å²) >= 11 is 0. The highest BCUT2D eigenvalue weighted by atomic mass is 19.4. The first-order chi connectivity index (χ1) is 17.3. The summed E-state index contributed by atoms with van der Waals surface area (Å²) in [4.78, 5) is 14.1. The maximum atomic E-state index is 12.9. The van der Waals surface area contributed by atoms with E-state index in [1.807, 2.05) is 24.3 Å². The van der Waals surface area contributed by atoms with Gasteiger partial charge in [0, 0.05) is 37.4 Å². The number of alkyl halides is 3. The quantitative estimate of drug-likeness (QED) is 0.418. The van der Waals surface area contributed by atoms with Crippen LogP contribution in [0, 0.1) is 0 Å². The summed E-state index contributed by atoms with van der Waals surface area (Å²) in [5.41, 5.74) is 3.29. The van der Waals surface area contributed by atoms with E-state index in [0.29, 0.717) is 22.5 Å². The van der Waals surface area contributed by atoms with Gasteiger partial charge in [-0.3, -0.25) is 0 Å². The Kier molecular flexibility index (Phi) is 6.19. The number of piperazine rings is 1. The van der Waals surface area contributed by atoms with Gasteiger partial charge in [0.05, 0.1) is 23.0 Å². The molecule has 1 aliphatic heterocycles. The first-order valence-electron chi connectivity index (χ1n) is 11.3. The van der Waals surface area contributed by atoms with Crippen LogP contribution in [0.2, 0.25) is 0 Å². The van der Waals surface area contributed by atoms with Crippen LogP contribution in [0.4, 0.5) is 18.9 Å². The third-order valence-electron chi connectivity index (χ3n) is 6.11. The molecule has 1 aliphatic rings. The van der Waals surface area contributed by atoms with Crippen LogP contribution in [0.3, 0.4) is 0 Å². The molecule has 36 heavy (non-hydrogen) atoms. The predicted molar refractivity (Wildman–Crippen MR) is 129 cm³/mol. The lowest BCUT2D eigenvalue weighted by atomic mass is 10.0. The van der Waals surface area contributed by atoms with Gasteiger partial charge in [-0.05, 0) is 53.6 Å². The van der Waals surface area contributed by atoms with E-state index in [1.54, 1.807) is 18.3 Å². The number of anilines is 1. The number of nitrogens with zero attached hydrogens (tertiary/aromatic N) is 4. The van der Waals surface area contributed by atoms with Crippen LogP contribution in [0.5, 0.6) is 0 Å². The summed E-state index contributed by atoms with van der Waals surface area (Å²) < 4.78 is 40.0. The smallest absolute Gasteiger partial charge is 0.416 e. The van der Waals surface area contributed by atoms with Crippen molar-refractivity contribution < 1.29 is 23.1 Å². The largest absolute Gasteiger partial charge is 0.478 e. The molecule has 184 valence electrons. The summed E-state index contributed by atoms with van der Waals surface area (Å²) in [5, 5.41) is 21.1. The lowest BCUT2D eigenvalue weighted by Gasteiger charge is -2.29. The van der Waals surface area contributed by atoms with E-state index in [2.05, 4.69) is 20.5 Å². The lowest BCUT2D eigenvalue weighted by molar-refractivity contribution is -0.137. The number of hydrogen-bond donors (Lipinski definition) is 2. The van der Waals surface area contributed by atoms with Crippen molar-refractivity contribution >= 4 is 11.7 Å². The topological polar surface area (TPSA) is 83.3 Å². The minimum atomic E-state index is -4.42. The van der Waals surface area contributed by atoms with E-state index in [-0.39, 0.29) is 5.56 Å². The molecular weight excluding hydrogens is 471 g/mol. The first-order valence-corrected chi connectivity index (χ1v) is 11.3. The number of carboxylic acid groups (broad SMARTS) is 1. The van der Waals surface area contributed by atoms with Crippen molar-refractivity contribution in [3.63, 3.8) is 0 Å². The number of benzene rings is 3. The normalized spacial score (nSPS) is 14.1. The number of nitrogens with one attached hydrogen (secondary N) is 1. The third-order valence-corrected chi connectivity index (χ3v) is 6.11. The van der Waals surface area contributed by atoms with Crippen LogP contribution < -0.4 is 10.2 Å². The molecular formula is C26H22F3N5O2. The van der Waals surface area contributed by atoms with Crippen molar-refractivity contribution in [2.24, 2.45) is 0 Å². The summed E-state index contributed by atoms with van der Waals surface area (Å²) in [6.45, 7) is 3.70. The number of aromatic nitrogens is 3. The van der Waals surface area contributed by atoms with Crippen molar-refractivity contribution in [2.45, 2.75) is 6.18 Å². The molecule has 2 N–H and O–H groups in total. The van der Waals surface area contributed by atoms with Crippen molar-refractivity contribution in [3.8, 4) is 28.1 Å². The van der Waals surface area contributed by atoms with Gasteiger partial charge in [0.2, 0.25) is 0 Å². The number of rotatable bonds is 5. The fourth-order valence-electron chi connectivity index (χ4n) is 4.17. The molecule has 0 spiro atoms. The zero-order valence-electron chi connectivity index (χ0n) is 19.0. The molecule has 7 nitrogen and oxygen atoms in total. The Morgan fingerprint density at radius 3 is 2.17 bits per heavy atom. The van der Waals surface area contributed by atoms with E-state index < -0.39 is 17.7 Å². The highest BCUT2D eigenvalue weighted by Gasteiger charge is 2.30. The summed E-state index contributed by atoms with van der Waals surface area (Å²) in [6, 6.07) is 17.5. The number of hydrogen-bond acceptors (Lipinski definition) is 5. The van der Waals surface area contributed by atoms with Crippen molar-refractivity contribution in [2.75, 3.05) is 31.1 Å². The maximum absolute atomic E-state index is 12.9. The Labute approximate surface area is 204 Å². The molecule has 0 amide bonds. The van der Waals surface area contributed by atoms with E-state index in [0.717, 1.165) is 49.6 Å². The highest BCUT2D eigenvalue weighted by molar-refractivity contribution is 5.90. The van der Waals surface area contributed by atoms with Gasteiger partial charge in [0.25, 0.3) is 0 Å². The van der Waals surface area contributed by atoms with E-state index in [1.165, 1.54) is 22.9 Å². The van der Waals surface area contributed by atoms with Gasteiger partial charge in [0.15, 0.2) is 0 Å². The Hall–Kier alpha value is -4.18. The molecule has 4 aromatic rings. The standard InChI is InChI=1S/C26H22F3N5O2/c27-26(28,29)21-5-1-18(2-6-21)24-16-34(32-31-24)23-14-19(13-20(15-23)25(35)36)17-3-7-22(8-4-17)33-11-9-30-10-12-33/h1-8,13-16,30H,9-12H2,(H,35,36). The summed E-state index contributed by atoms with van der Waals surface area (Å²) in [5.74, 6) is -1.08. The van der Waals surface area contributed by atoms with Crippen molar-refractivity contribution in [3.05, 3.63) is 84.1 Å². The molecule has 0 saturated carbocycles.